The number of rotatable bonds is 6. The van der Waals surface area contributed by atoms with Crippen LogP contribution in [0.5, 0.6) is 0 Å². The zero-order chi connectivity index (χ0) is 11.4. The Morgan fingerprint density at radius 1 is 1.38 bits per heavy atom. The highest BCUT2D eigenvalue weighted by Gasteiger charge is 2.25. The molecule has 88 valence electrons. The van der Waals surface area contributed by atoms with Crippen LogP contribution >= 0.6 is 0 Å². The molecule has 2 N–H and O–H groups in total. The minimum absolute atomic E-state index is 0.203. The van der Waals surface area contributed by atoms with Gasteiger partial charge in [-0.2, -0.15) is 0 Å². The molecule has 0 heterocycles. The van der Waals surface area contributed by atoms with Crippen LogP contribution in [0.25, 0.3) is 0 Å². The first kappa shape index (κ1) is 11.6. The van der Waals surface area contributed by atoms with Crippen molar-refractivity contribution in [3.63, 3.8) is 0 Å². The lowest BCUT2D eigenvalue weighted by atomic mass is 10.0. The van der Waals surface area contributed by atoms with E-state index in [1.54, 1.807) is 0 Å². The van der Waals surface area contributed by atoms with Gasteiger partial charge in [-0.25, -0.2) is 0 Å². The lowest BCUT2D eigenvalue weighted by Gasteiger charge is -2.10. The van der Waals surface area contributed by atoms with Crippen LogP contribution in [0, 0.1) is 0 Å². The van der Waals surface area contributed by atoms with E-state index in [0.29, 0.717) is 0 Å². The number of benzene rings is 1. The van der Waals surface area contributed by atoms with Crippen molar-refractivity contribution in [2.45, 2.75) is 44.8 Å². The molecule has 1 aliphatic carbocycles. The van der Waals surface area contributed by atoms with Gasteiger partial charge in [-0.05, 0) is 49.8 Å². The van der Waals surface area contributed by atoms with Crippen LogP contribution < -0.4 is 5.32 Å². The minimum atomic E-state index is -0.203. The van der Waals surface area contributed by atoms with E-state index in [-0.39, 0.29) is 6.10 Å². The summed E-state index contributed by atoms with van der Waals surface area (Å²) in [6.45, 7) is 3.65. The van der Waals surface area contributed by atoms with Crippen molar-refractivity contribution < 1.29 is 5.11 Å². The van der Waals surface area contributed by atoms with Crippen LogP contribution in [0.2, 0.25) is 0 Å². The Morgan fingerprint density at radius 3 is 2.81 bits per heavy atom. The summed E-state index contributed by atoms with van der Waals surface area (Å²) in [6, 6.07) is 8.71. The maximum atomic E-state index is 9.16. The van der Waals surface area contributed by atoms with E-state index in [0.717, 1.165) is 25.4 Å². The lowest BCUT2D eigenvalue weighted by Crippen LogP contribution is -2.19. The van der Waals surface area contributed by atoms with Gasteiger partial charge in [-0.15, -0.1) is 0 Å². The van der Waals surface area contributed by atoms with Crippen molar-refractivity contribution in [3.8, 4) is 0 Å². The summed E-state index contributed by atoms with van der Waals surface area (Å²) in [7, 11) is 0. The monoisotopic (exact) mass is 219 g/mol. The van der Waals surface area contributed by atoms with Gasteiger partial charge in [0.2, 0.25) is 0 Å². The van der Waals surface area contributed by atoms with E-state index in [1.807, 2.05) is 6.92 Å². The van der Waals surface area contributed by atoms with Crippen molar-refractivity contribution in [1.82, 2.24) is 5.32 Å². The predicted molar refractivity (Wildman–Crippen MR) is 66.4 cm³/mol. The van der Waals surface area contributed by atoms with E-state index in [1.165, 1.54) is 24.0 Å². The lowest BCUT2D eigenvalue weighted by molar-refractivity contribution is 0.183. The molecule has 2 heteroatoms. The molecule has 0 radical (unpaired) electrons. The third-order valence-electron chi connectivity index (χ3n) is 3.13. The second kappa shape index (κ2) is 5.46. The van der Waals surface area contributed by atoms with E-state index in [2.05, 4.69) is 29.6 Å². The van der Waals surface area contributed by atoms with Gasteiger partial charge in [-0.1, -0.05) is 24.3 Å². The first-order valence-corrected chi connectivity index (χ1v) is 6.24. The van der Waals surface area contributed by atoms with Gasteiger partial charge in [0.05, 0.1) is 6.10 Å². The highest BCUT2D eigenvalue weighted by atomic mass is 16.3. The maximum Gasteiger partial charge on any atom is 0.0524 e. The third kappa shape index (κ3) is 3.32. The van der Waals surface area contributed by atoms with Gasteiger partial charge in [0.15, 0.2) is 0 Å². The van der Waals surface area contributed by atoms with E-state index in [4.69, 9.17) is 5.11 Å². The van der Waals surface area contributed by atoms with Gasteiger partial charge in [0.1, 0.15) is 0 Å². The molecule has 0 amide bonds. The summed E-state index contributed by atoms with van der Waals surface area (Å²) in [4.78, 5) is 0. The van der Waals surface area contributed by atoms with Gasteiger partial charge < -0.3 is 10.4 Å². The van der Waals surface area contributed by atoms with Crippen molar-refractivity contribution >= 4 is 0 Å². The van der Waals surface area contributed by atoms with Crippen LogP contribution in [0.1, 0.15) is 43.2 Å². The maximum absolute atomic E-state index is 9.16. The van der Waals surface area contributed by atoms with Crippen molar-refractivity contribution in [2.75, 3.05) is 6.54 Å². The van der Waals surface area contributed by atoms with Gasteiger partial charge in [-0.3, -0.25) is 0 Å². The molecule has 1 atom stereocenters. The smallest absolute Gasteiger partial charge is 0.0524 e. The quantitative estimate of drug-likeness (QED) is 0.720. The van der Waals surface area contributed by atoms with Crippen LogP contribution in [0.4, 0.5) is 0 Å². The Kier molecular flexibility index (Phi) is 3.97. The topological polar surface area (TPSA) is 32.3 Å². The number of aliphatic hydroxyl groups is 1. The average Bonchev–Trinajstić information content (AvgIpc) is 3.08. The largest absolute Gasteiger partial charge is 0.393 e. The number of aliphatic hydroxyl groups excluding tert-OH is 1. The van der Waals surface area contributed by atoms with E-state index in [9.17, 15) is 0 Å². The average molecular weight is 219 g/mol. The molecule has 1 unspecified atom stereocenters. The second-order valence-electron chi connectivity index (χ2n) is 4.79. The Labute approximate surface area is 97.7 Å². The molecule has 1 aliphatic rings. The van der Waals surface area contributed by atoms with E-state index < -0.39 is 0 Å². The van der Waals surface area contributed by atoms with Crippen molar-refractivity contribution in [2.24, 2.45) is 0 Å². The Morgan fingerprint density at radius 2 is 2.12 bits per heavy atom. The zero-order valence-corrected chi connectivity index (χ0v) is 9.95. The molecule has 0 bridgehead atoms. The molecule has 0 spiro atoms. The fourth-order valence-corrected chi connectivity index (χ4v) is 2.02. The fourth-order valence-electron chi connectivity index (χ4n) is 2.02. The first-order chi connectivity index (χ1) is 7.77. The Balaban J connectivity index is 1.84. The molecule has 2 nitrogen and oxygen atoms in total. The fraction of sp³-hybridized carbons (Fsp3) is 0.571. The highest BCUT2D eigenvalue weighted by molar-refractivity contribution is 5.33. The van der Waals surface area contributed by atoms with Crippen LogP contribution in [0.15, 0.2) is 24.3 Å². The molecule has 1 fully saturated rings. The molecule has 0 saturated heterocycles. The summed E-state index contributed by atoms with van der Waals surface area (Å²) < 4.78 is 0. The summed E-state index contributed by atoms with van der Waals surface area (Å²) in [5.74, 6) is 0.815. The summed E-state index contributed by atoms with van der Waals surface area (Å²) in [5.41, 5.74) is 2.95. The van der Waals surface area contributed by atoms with Crippen molar-refractivity contribution in [3.05, 3.63) is 35.4 Å². The molecule has 1 saturated carbocycles. The molecule has 2 rings (SSSR count). The highest BCUT2D eigenvalue weighted by Crippen LogP contribution is 2.41. The molecular weight excluding hydrogens is 198 g/mol. The Bertz CT molecular complexity index is 331. The number of nitrogens with one attached hydrogen (secondary N) is 1. The van der Waals surface area contributed by atoms with Crippen LogP contribution in [-0.2, 0) is 6.54 Å². The summed E-state index contributed by atoms with van der Waals surface area (Å²) >= 11 is 0. The SMILES string of the molecule is CC(O)CCNCc1ccccc1C1CC1. The standard InChI is InChI=1S/C14H21NO/c1-11(16)8-9-15-10-13-4-2-3-5-14(13)12-6-7-12/h2-5,11-12,15-16H,6-10H2,1H3. The van der Waals surface area contributed by atoms with Crippen LogP contribution in [0.3, 0.4) is 0 Å². The zero-order valence-electron chi connectivity index (χ0n) is 9.95. The number of hydrogen-bond donors (Lipinski definition) is 2. The van der Waals surface area contributed by atoms with Crippen LogP contribution in [-0.4, -0.2) is 17.8 Å². The summed E-state index contributed by atoms with van der Waals surface area (Å²) in [5, 5.41) is 12.6. The minimum Gasteiger partial charge on any atom is -0.393 e. The Hall–Kier alpha value is -0.860. The summed E-state index contributed by atoms with van der Waals surface area (Å²) in [6.07, 6.45) is 3.33. The predicted octanol–water partition coefficient (Wildman–Crippen LogP) is 2.42. The molecular formula is C14H21NO. The van der Waals surface area contributed by atoms with Gasteiger partial charge in [0, 0.05) is 6.54 Å². The van der Waals surface area contributed by atoms with Gasteiger partial charge in [0.25, 0.3) is 0 Å². The molecule has 16 heavy (non-hydrogen) atoms. The van der Waals surface area contributed by atoms with Gasteiger partial charge >= 0.3 is 0 Å². The third-order valence-corrected chi connectivity index (χ3v) is 3.13. The molecule has 1 aromatic rings. The number of hydrogen-bond acceptors (Lipinski definition) is 2. The normalized spacial score (nSPS) is 17.4. The van der Waals surface area contributed by atoms with Crippen molar-refractivity contribution in [1.29, 1.82) is 0 Å². The molecule has 0 aliphatic heterocycles. The van der Waals surface area contributed by atoms with E-state index >= 15 is 0 Å². The molecule has 0 aromatic heterocycles. The second-order valence-corrected chi connectivity index (χ2v) is 4.79. The first-order valence-electron chi connectivity index (χ1n) is 6.24. The molecule has 1 aromatic carbocycles.